The maximum atomic E-state index is 5.62. The molecule has 0 saturated carbocycles. The van der Waals surface area contributed by atoms with Gasteiger partial charge in [0, 0.05) is 12.5 Å². The maximum Gasteiger partial charge on any atom is 0.0638 e. The van der Waals surface area contributed by atoms with Gasteiger partial charge in [0.1, 0.15) is 0 Å². The van der Waals surface area contributed by atoms with Crippen molar-refractivity contribution in [2.75, 3.05) is 13.2 Å². The van der Waals surface area contributed by atoms with Gasteiger partial charge in [-0.05, 0) is 30.9 Å². The predicted molar refractivity (Wildman–Crippen MR) is 65.1 cm³/mol. The number of nitrogens with one attached hydrogen (secondary N) is 1. The summed E-state index contributed by atoms with van der Waals surface area (Å²) in [6.45, 7) is 3.44. The van der Waals surface area contributed by atoms with E-state index in [4.69, 9.17) is 10.6 Å². The Morgan fingerprint density at radius 2 is 2.31 bits per heavy atom. The van der Waals surface area contributed by atoms with E-state index in [0.717, 1.165) is 13.0 Å². The number of fused-ring (bicyclic) bond motifs is 1. The van der Waals surface area contributed by atoms with Crippen LogP contribution in [0.1, 0.15) is 30.4 Å². The second kappa shape index (κ2) is 5.43. The largest absolute Gasteiger partial charge is 0.380 e. The normalized spacial score (nSPS) is 20.8. The summed E-state index contributed by atoms with van der Waals surface area (Å²) in [7, 11) is 0. The Kier molecular flexibility index (Phi) is 3.93. The third-order valence-corrected chi connectivity index (χ3v) is 3.38. The van der Waals surface area contributed by atoms with Crippen LogP contribution in [0.25, 0.3) is 0 Å². The molecule has 3 N–H and O–H groups in total. The molecule has 2 unspecified atom stereocenters. The van der Waals surface area contributed by atoms with Gasteiger partial charge in [-0.2, -0.15) is 0 Å². The van der Waals surface area contributed by atoms with E-state index >= 15 is 0 Å². The van der Waals surface area contributed by atoms with E-state index in [1.54, 1.807) is 0 Å². The molecule has 0 heterocycles. The zero-order valence-corrected chi connectivity index (χ0v) is 9.78. The lowest BCUT2D eigenvalue weighted by atomic mass is 9.94. The van der Waals surface area contributed by atoms with E-state index < -0.39 is 0 Å². The molecule has 1 aliphatic carbocycles. The topological polar surface area (TPSA) is 47.3 Å². The molecular formula is C13H20N2O. The molecule has 1 aromatic carbocycles. The first-order valence-electron chi connectivity index (χ1n) is 5.98. The van der Waals surface area contributed by atoms with Gasteiger partial charge in [-0.3, -0.25) is 11.3 Å². The van der Waals surface area contributed by atoms with Crippen LogP contribution in [-0.4, -0.2) is 19.3 Å². The quantitative estimate of drug-likeness (QED) is 0.585. The van der Waals surface area contributed by atoms with E-state index in [-0.39, 0.29) is 6.04 Å². The zero-order valence-electron chi connectivity index (χ0n) is 9.78. The average molecular weight is 220 g/mol. The van der Waals surface area contributed by atoms with Crippen molar-refractivity contribution >= 4 is 0 Å². The summed E-state index contributed by atoms with van der Waals surface area (Å²) in [5, 5.41) is 0. The number of aryl methyl sites for hydroxylation is 1. The van der Waals surface area contributed by atoms with Crippen LogP contribution in [0.3, 0.4) is 0 Å². The van der Waals surface area contributed by atoms with Crippen molar-refractivity contribution < 1.29 is 4.74 Å². The molecule has 0 spiro atoms. The van der Waals surface area contributed by atoms with Crippen molar-refractivity contribution in [2.24, 2.45) is 5.84 Å². The highest BCUT2D eigenvalue weighted by Crippen LogP contribution is 2.35. The number of nitrogens with two attached hydrogens (primary N) is 1. The van der Waals surface area contributed by atoms with Gasteiger partial charge in [0.15, 0.2) is 0 Å². The average Bonchev–Trinajstić information content (AvgIpc) is 2.75. The van der Waals surface area contributed by atoms with Crippen LogP contribution in [0.15, 0.2) is 24.3 Å². The number of ether oxygens (including phenoxy) is 1. The Labute approximate surface area is 97.0 Å². The molecule has 16 heavy (non-hydrogen) atoms. The van der Waals surface area contributed by atoms with Crippen LogP contribution >= 0.6 is 0 Å². The molecule has 0 aliphatic heterocycles. The van der Waals surface area contributed by atoms with Crippen LogP contribution in [0.4, 0.5) is 0 Å². The van der Waals surface area contributed by atoms with Gasteiger partial charge in [0.05, 0.1) is 12.6 Å². The molecule has 0 aromatic heterocycles. The van der Waals surface area contributed by atoms with Gasteiger partial charge in [0.25, 0.3) is 0 Å². The molecule has 0 fully saturated rings. The maximum absolute atomic E-state index is 5.62. The van der Waals surface area contributed by atoms with Gasteiger partial charge < -0.3 is 4.74 Å². The zero-order chi connectivity index (χ0) is 11.4. The Bertz CT molecular complexity index is 340. The van der Waals surface area contributed by atoms with Gasteiger partial charge in [-0.1, -0.05) is 24.3 Å². The number of rotatable bonds is 5. The lowest BCUT2D eigenvalue weighted by molar-refractivity contribution is 0.114. The van der Waals surface area contributed by atoms with Crippen LogP contribution in [-0.2, 0) is 11.2 Å². The summed E-state index contributed by atoms with van der Waals surface area (Å²) >= 11 is 0. The molecule has 1 aromatic rings. The first-order chi connectivity index (χ1) is 7.86. The summed E-state index contributed by atoms with van der Waals surface area (Å²) in [5.41, 5.74) is 5.79. The van der Waals surface area contributed by atoms with Crippen LogP contribution in [0.2, 0.25) is 0 Å². The number of hydrogen-bond donors (Lipinski definition) is 2. The van der Waals surface area contributed by atoms with E-state index in [9.17, 15) is 0 Å². The van der Waals surface area contributed by atoms with Gasteiger partial charge in [0.2, 0.25) is 0 Å². The minimum Gasteiger partial charge on any atom is -0.380 e. The highest BCUT2D eigenvalue weighted by atomic mass is 16.5. The van der Waals surface area contributed by atoms with Crippen molar-refractivity contribution in [2.45, 2.75) is 31.7 Å². The molecule has 0 saturated heterocycles. The molecule has 3 heteroatoms. The molecule has 0 bridgehead atoms. The molecule has 2 atom stereocenters. The summed E-state index contributed by atoms with van der Waals surface area (Å²) in [4.78, 5) is 0. The number of benzene rings is 1. The fourth-order valence-electron chi connectivity index (χ4n) is 2.53. The van der Waals surface area contributed by atoms with Crippen LogP contribution in [0, 0.1) is 0 Å². The molecular weight excluding hydrogens is 200 g/mol. The Balaban J connectivity index is 2.10. The summed E-state index contributed by atoms with van der Waals surface area (Å²) in [6.07, 6.45) is 2.33. The standard InChI is InChI=1S/C13H20N2O/c1-2-16-9-13(15-14)12-8-7-10-5-3-4-6-11(10)12/h3-6,12-13,15H,2,7-9,14H2,1H3. The second-order valence-electron chi connectivity index (χ2n) is 4.28. The molecule has 1 aliphatic rings. The van der Waals surface area contributed by atoms with Crippen molar-refractivity contribution in [1.29, 1.82) is 0 Å². The molecule has 2 rings (SSSR count). The van der Waals surface area contributed by atoms with Crippen LogP contribution < -0.4 is 11.3 Å². The molecule has 3 nitrogen and oxygen atoms in total. The SMILES string of the molecule is CCOCC(NN)C1CCc2ccccc21. The van der Waals surface area contributed by atoms with E-state index in [1.165, 1.54) is 17.5 Å². The van der Waals surface area contributed by atoms with E-state index in [0.29, 0.717) is 12.5 Å². The minimum absolute atomic E-state index is 0.226. The first kappa shape index (κ1) is 11.6. The molecule has 88 valence electrons. The second-order valence-corrected chi connectivity index (χ2v) is 4.28. The number of hydrazine groups is 1. The summed E-state index contributed by atoms with van der Waals surface area (Å²) in [6, 6.07) is 8.86. The van der Waals surface area contributed by atoms with E-state index in [1.807, 2.05) is 6.92 Å². The fourth-order valence-corrected chi connectivity index (χ4v) is 2.53. The fraction of sp³-hybridized carbons (Fsp3) is 0.538. The first-order valence-corrected chi connectivity index (χ1v) is 5.98. The molecule has 0 radical (unpaired) electrons. The Morgan fingerprint density at radius 3 is 3.06 bits per heavy atom. The minimum atomic E-state index is 0.226. The highest BCUT2D eigenvalue weighted by molar-refractivity contribution is 5.36. The van der Waals surface area contributed by atoms with Crippen LogP contribution in [0.5, 0.6) is 0 Å². The van der Waals surface area contributed by atoms with Crippen molar-refractivity contribution in [3.8, 4) is 0 Å². The number of hydrogen-bond acceptors (Lipinski definition) is 3. The van der Waals surface area contributed by atoms with Crippen molar-refractivity contribution in [3.05, 3.63) is 35.4 Å². The summed E-state index contributed by atoms with van der Waals surface area (Å²) < 4.78 is 5.47. The van der Waals surface area contributed by atoms with E-state index in [2.05, 4.69) is 29.7 Å². The lowest BCUT2D eigenvalue weighted by Crippen LogP contribution is -2.42. The molecule has 0 amide bonds. The Hall–Kier alpha value is -0.900. The Morgan fingerprint density at radius 1 is 1.50 bits per heavy atom. The smallest absolute Gasteiger partial charge is 0.0638 e. The third-order valence-electron chi connectivity index (χ3n) is 3.38. The highest BCUT2D eigenvalue weighted by Gasteiger charge is 2.28. The van der Waals surface area contributed by atoms with Gasteiger partial charge in [-0.25, -0.2) is 0 Å². The van der Waals surface area contributed by atoms with Gasteiger partial charge in [-0.15, -0.1) is 0 Å². The summed E-state index contributed by atoms with van der Waals surface area (Å²) in [5.74, 6) is 6.11. The predicted octanol–water partition coefficient (Wildman–Crippen LogP) is 1.58. The monoisotopic (exact) mass is 220 g/mol. The third kappa shape index (κ3) is 2.26. The van der Waals surface area contributed by atoms with Crippen molar-refractivity contribution in [3.63, 3.8) is 0 Å². The van der Waals surface area contributed by atoms with Crippen molar-refractivity contribution in [1.82, 2.24) is 5.43 Å². The van der Waals surface area contributed by atoms with Gasteiger partial charge >= 0.3 is 0 Å². The lowest BCUT2D eigenvalue weighted by Gasteiger charge is -2.23.